The Hall–Kier alpha value is -1.18. The third-order valence-corrected chi connectivity index (χ3v) is 2.38. The van der Waals surface area contributed by atoms with Gasteiger partial charge in [0.25, 0.3) is 0 Å². The largest absolute Gasteiger partial charge is 0.399 e. The van der Waals surface area contributed by atoms with E-state index in [-0.39, 0.29) is 11.4 Å². The predicted molar refractivity (Wildman–Crippen MR) is 60.6 cm³/mol. The normalized spacial score (nSPS) is 10.6. The van der Waals surface area contributed by atoms with E-state index in [9.17, 15) is 8.78 Å². The molecule has 0 saturated carbocycles. The van der Waals surface area contributed by atoms with Crippen molar-refractivity contribution < 1.29 is 8.78 Å². The second-order valence-corrected chi connectivity index (χ2v) is 4.18. The molecule has 0 atom stereocenters. The third kappa shape index (κ3) is 1.94. The van der Waals surface area contributed by atoms with Crippen LogP contribution in [0.1, 0.15) is 0 Å². The molecule has 0 aliphatic heterocycles. The van der Waals surface area contributed by atoms with Gasteiger partial charge in [-0.25, -0.2) is 13.5 Å². The van der Waals surface area contributed by atoms with Crippen molar-refractivity contribution in [2.45, 2.75) is 0 Å². The zero-order valence-electron chi connectivity index (χ0n) is 7.42. The average Bonchev–Trinajstić information content (AvgIpc) is 2.49. The molecule has 1 aromatic heterocycles. The molecule has 2 aromatic rings. The molecule has 0 aliphatic rings. The highest BCUT2D eigenvalue weighted by Gasteiger charge is 2.13. The highest BCUT2D eigenvalue weighted by molar-refractivity contribution is 14.1. The molecule has 0 fully saturated rings. The fourth-order valence-electron chi connectivity index (χ4n) is 1.23. The molecule has 0 aliphatic carbocycles. The van der Waals surface area contributed by atoms with Crippen LogP contribution in [0.25, 0.3) is 5.69 Å². The van der Waals surface area contributed by atoms with Crippen molar-refractivity contribution in [1.82, 2.24) is 9.78 Å². The van der Waals surface area contributed by atoms with E-state index in [4.69, 9.17) is 5.73 Å². The Balaban J connectivity index is 2.62. The maximum Gasteiger partial charge on any atom is 0.153 e. The summed E-state index contributed by atoms with van der Waals surface area (Å²) in [7, 11) is 0. The van der Waals surface area contributed by atoms with Crippen molar-refractivity contribution in [3.63, 3.8) is 0 Å². The van der Waals surface area contributed by atoms with E-state index in [2.05, 4.69) is 5.10 Å². The van der Waals surface area contributed by atoms with E-state index >= 15 is 0 Å². The van der Waals surface area contributed by atoms with Crippen molar-refractivity contribution in [3.05, 3.63) is 39.7 Å². The van der Waals surface area contributed by atoms with Gasteiger partial charge < -0.3 is 5.73 Å². The summed E-state index contributed by atoms with van der Waals surface area (Å²) in [6, 6.07) is 2.12. The van der Waals surface area contributed by atoms with Crippen molar-refractivity contribution in [2.75, 3.05) is 5.73 Å². The molecule has 0 saturated heterocycles. The fraction of sp³-hybridized carbons (Fsp3) is 0. The number of aromatic nitrogens is 2. The van der Waals surface area contributed by atoms with Gasteiger partial charge in [0.2, 0.25) is 0 Å². The minimum atomic E-state index is -0.730. The first kappa shape index (κ1) is 10.3. The first-order valence-electron chi connectivity index (χ1n) is 4.03. The summed E-state index contributed by atoms with van der Waals surface area (Å²) in [4.78, 5) is 0. The summed E-state index contributed by atoms with van der Waals surface area (Å²) < 4.78 is 28.8. The van der Waals surface area contributed by atoms with Crippen molar-refractivity contribution >= 4 is 28.3 Å². The molecular weight excluding hydrogens is 315 g/mol. The van der Waals surface area contributed by atoms with E-state index in [0.29, 0.717) is 0 Å². The minimum Gasteiger partial charge on any atom is -0.399 e. The van der Waals surface area contributed by atoms with Gasteiger partial charge in [-0.3, -0.25) is 0 Å². The Bertz CT molecular complexity index is 487. The van der Waals surface area contributed by atoms with Crippen molar-refractivity contribution in [3.8, 4) is 5.69 Å². The topological polar surface area (TPSA) is 43.8 Å². The molecule has 3 nitrogen and oxygen atoms in total. The molecule has 1 heterocycles. The summed E-state index contributed by atoms with van der Waals surface area (Å²) in [6.45, 7) is 0. The highest BCUT2D eigenvalue weighted by Crippen LogP contribution is 2.20. The van der Waals surface area contributed by atoms with Crippen LogP contribution < -0.4 is 5.73 Å². The molecular formula is C9H6F2IN3. The molecule has 0 bridgehead atoms. The van der Waals surface area contributed by atoms with Crippen molar-refractivity contribution in [2.24, 2.45) is 0 Å². The predicted octanol–water partition coefficient (Wildman–Crippen LogP) is 2.34. The second-order valence-electron chi connectivity index (χ2n) is 2.94. The number of anilines is 1. The molecule has 0 radical (unpaired) electrons. The Labute approximate surface area is 98.0 Å². The van der Waals surface area contributed by atoms with Crippen LogP contribution in [0.3, 0.4) is 0 Å². The molecule has 6 heteroatoms. The quantitative estimate of drug-likeness (QED) is 0.647. The first-order chi connectivity index (χ1) is 7.08. The third-order valence-electron chi connectivity index (χ3n) is 1.82. The van der Waals surface area contributed by atoms with Gasteiger partial charge in [-0.05, 0) is 34.7 Å². The van der Waals surface area contributed by atoms with E-state index < -0.39 is 11.6 Å². The van der Waals surface area contributed by atoms with Gasteiger partial charge >= 0.3 is 0 Å². The van der Waals surface area contributed by atoms with Crippen LogP contribution in [0.15, 0.2) is 24.5 Å². The molecule has 15 heavy (non-hydrogen) atoms. The molecule has 2 N–H and O–H groups in total. The number of hydrogen-bond donors (Lipinski definition) is 1. The van der Waals surface area contributed by atoms with Crippen LogP contribution in [0.4, 0.5) is 14.5 Å². The Kier molecular flexibility index (Phi) is 2.59. The monoisotopic (exact) mass is 321 g/mol. The SMILES string of the molecule is Nc1cc(F)c(-n2cc(I)cn2)c(F)c1. The maximum absolute atomic E-state index is 13.4. The number of nitrogens with zero attached hydrogens (tertiary/aromatic N) is 2. The van der Waals surface area contributed by atoms with Crippen LogP contribution in [-0.2, 0) is 0 Å². The molecule has 2 rings (SSSR count). The van der Waals surface area contributed by atoms with Gasteiger partial charge in [-0.15, -0.1) is 0 Å². The molecule has 1 aromatic carbocycles. The Morgan fingerprint density at radius 2 is 1.87 bits per heavy atom. The maximum atomic E-state index is 13.4. The summed E-state index contributed by atoms with van der Waals surface area (Å²) in [5, 5.41) is 3.83. The summed E-state index contributed by atoms with van der Waals surface area (Å²) in [5.41, 5.74) is 5.14. The van der Waals surface area contributed by atoms with Gasteiger partial charge in [-0.1, -0.05) is 0 Å². The van der Waals surface area contributed by atoms with E-state index in [1.165, 1.54) is 12.4 Å². The Morgan fingerprint density at radius 3 is 2.33 bits per heavy atom. The molecule has 0 unspecified atom stereocenters. The lowest BCUT2D eigenvalue weighted by Crippen LogP contribution is -2.03. The number of nitrogen functional groups attached to an aromatic ring is 1. The van der Waals surface area contributed by atoms with E-state index in [1.807, 2.05) is 22.6 Å². The van der Waals surface area contributed by atoms with Crippen LogP contribution in [0.2, 0.25) is 0 Å². The standard InChI is InChI=1S/C9H6F2IN3/c10-7-1-6(13)2-8(11)9(7)15-4-5(12)3-14-15/h1-4H,13H2. The van der Waals surface area contributed by atoms with Crippen LogP contribution in [0, 0.1) is 15.2 Å². The number of halogens is 3. The number of hydrogen-bond acceptors (Lipinski definition) is 2. The van der Waals surface area contributed by atoms with Crippen LogP contribution in [-0.4, -0.2) is 9.78 Å². The summed E-state index contributed by atoms with van der Waals surface area (Å²) >= 11 is 2.00. The summed E-state index contributed by atoms with van der Waals surface area (Å²) in [5.74, 6) is -1.46. The van der Waals surface area contributed by atoms with Gasteiger partial charge in [-0.2, -0.15) is 5.10 Å². The van der Waals surface area contributed by atoms with Crippen molar-refractivity contribution in [1.29, 1.82) is 0 Å². The highest BCUT2D eigenvalue weighted by atomic mass is 127. The lowest BCUT2D eigenvalue weighted by Gasteiger charge is -2.05. The first-order valence-corrected chi connectivity index (χ1v) is 5.11. The minimum absolute atomic E-state index is 0.0515. The van der Waals surface area contributed by atoms with Gasteiger partial charge in [0, 0.05) is 11.9 Å². The average molecular weight is 321 g/mol. The zero-order valence-corrected chi connectivity index (χ0v) is 9.57. The molecule has 78 valence electrons. The van der Waals surface area contributed by atoms with Gasteiger partial charge in [0.05, 0.1) is 9.77 Å². The fourth-order valence-corrected chi connectivity index (χ4v) is 1.62. The Morgan fingerprint density at radius 1 is 1.27 bits per heavy atom. The van der Waals surface area contributed by atoms with E-state index in [0.717, 1.165) is 20.4 Å². The molecule has 0 amide bonds. The van der Waals surface area contributed by atoms with Gasteiger partial charge in [0.15, 0.2) is 11.6 Å². The lowest BCUT2D eigenvalue weighted by atomic mass is 10.2. The van der Waals surface area contributed by atoms with Crippen LogP contribution >= 0.6 is 22.6 Å². The van der Waals surface area contributed by atoms with E-state index in [1.54, 1.807) is 0 Å². The smallest absolute Gasteiger partial charge is 0.153 e. The second kappa shape index (κ2) is 3.76. The number of rotatable bonds is 1. The van der Waals surface area contributed by atoms with Gasteiger partial charge in [0.1, 0.15) is 5.69 Å². The van der Waals surface area contributed by atoms with Crippen LogP contribution in [0.5, 0.6) is 0 Å². The zero-order chi connectivity index (χ0) is 11.0. The summed E-state index contributed by atoms with van der Waals surface area (Å²) in [6.07, 6.45) is 3.04. The number of benzene rings is 1. The molecule has 0 spiro atoms. The number of nitrogens with two attached hydrogens (primary N) is 1. The lowest BCUT2D eigenvalue weighted by molar-refractivity contribution is 0.561.